The molecule has 0 aliphatic rings. The van der Waals surface area contributed by atoms with Gasteiger partial charge in [0.15, 0.2) is 5.58 Å². The van der Waals surface area contributed by atoms with Crippen molar-refractivity contribution in [1.82, 2.24) is 4.57 Å². The second-order valence-corrected chi connectivity index (χ2v) is 13.1. The van der Waals surface area contributed by atoms with Crippen LogP contribution >= 0.6 is 11.3 Å². The molecule has 0 unspecified atom stereocenters. The number of hydrogen-bond donors (Lipinski definition) is 0. The molecule has 0 amide bonds. The fourth-order valence-corrected chi connectivity index (χ4v) is 8.90. The zero-order valence-electron chi connectivity index (χ0n) is 24.5. The number of benzene rings is 7. The molecule has 11 rings (SSSR count). The maximum absolute atomic E-state index is 6.86. The Morgan fingerprint density at radius 1 is 0.391 bits per heavy atom. The molecule has 46 heavy (non-hydrogen) atoms. The normalized spacial score (nSPS) is 12.3. The van der Waals surface area contributed by atoms with Gasteiger partial charge in [0.05, 0.1) is 16.7 Å². The number of thiophene rings is 1. The Balaban J connectivity index is 1.27. The van der Waals surface area contributed by atoms with Crippen LogP contribution in [0.4, 0.5) is 0 Å². The van der Waals surface area contributed by atoms with Crippen molar-refractivity contribution >= 4 is 97.2 Å². The highest BCUT2D eigenvalue weighted by Gasteiger charge is 2.22. The number of rotatable bonds is 2. The predicted molar refractivity (Wildman–Crippen MR) is 194 cm³/mol. The van der Waals surface area contributed by atoms with Gasteiger partial charge in [0.1, 0.15) is 16.7 Å². The molecule has 4 heterocycles. The maximum Gasteiger partial charge on any atom is 0.159 e. The van der Waals surface area contributed by atoms with E-state index in [4.69, 9.17) is 8.83 Å². The highest BCUT2D eigenvalue weighted by atomic mass is 32.1. The Kier molecular flexibility index (Phi) is 4.72. The monoisotopic (exact) mass is 605 g/mol. The lowest BCUT2D eigenvalue weighted by molar-refractivity contribution is 0.666. The lowest BCUT2D eigenvalue weighted by atomic mass is 9.94. The minimum absolute atomic E-state index is 0.899. The van der Waals surface area contributed by atoms with E-state index in [9.17, 15) is 0 Å². The molecule has 0 aliphatic heterocycles. The summed E-state index contributed by atoms with van der Waals surface area (Å²) in [5, 5.41) is 9.57. The quantitative estimate of drug-likeness (QED) is 0.196. The van der Waals surface area contributed by atoms with E-state index in [2.05, 4.69) is 138 Å². The van der Waals surface area contributed by atoms with Crippen LogP contribution in [0.2, 0.25) is 0 Å². The van der Waals surface area contributed by atoms with Gasteiger partial charge >= 0.3 is 0 Å². The fraction of sp³-hybridized carbons (Fsp3) is 0. The number of para-hydroxylation sites is 4. The minimum Gasteiger partial charge on any atom is -0.456 e. The number of nitrogens with zero attached hydrogens (tertiary/aromatic N) is 1. The molecule has 214 valence electrons. The van der Waals surface area contributed by atoms with E-state index in [1.807, 2.05) is 17.4 Å². The number of aromatic nitrogens is 1. The highest BCUT2D eigenvalue weighted by molar-refractivity contribution is 7.26. The van der Waals surface area contributed by atoms with E-state index >= 15 is 0 Å². The first-order chi connectivity index (χ1) is 22.8. The zero-order valence-corrected chi connectivity index (χ0v) is 25.3. The lowest BCUT2D eigenvalue weighted by Crippen LogP contribution is -1.93. The summed E-state index contributed by atoms with van der Waals surface area (Å²) < 4.78 is 18.0. The third-order valence-corrected chi connectivity index (χ3v) is 10.7. The first-order valence-electron chi connectivity index (χ1n) is 15.5. The highest BCUT2D eigenvalue weighted by Crippen LogP contribution is 2.48. The summed E-state index contributed by atoms with van der Waals surface area (Å²) in [5.41, 5.74) is 9.40. The van der Waals surface area contributed by atoms with Crippen molar-refractivity contribution in [1.29, 1.82) is 0 Å². The lowest BCUT2D eigenvalue weighted by Gasteiger charge is -2.08. The maximum atomic E-state index is 6.86. The third kappa shape index (κ3) is 3.11. The molecule has 3 nitrogen and oxygen atoms in total. The van der Waals surface area contributed by atoms with Crippen LogP contribution in [0.15, 0.2) is 148 Å². The molecular weight excluding hydrogens is 583 g/mol. The van der Waals surface area contributed by atoms with E-state index in [1.54, 1.807) is 0 Å². The second kappa shape index (κ2) is 8.87. The summed E-state index contributed by atoms with van der Waals surface area (Å²) in [6, 6.07) is 49.6. The minimum atomic E-state index is 0.899. The molecule has 4 aromatic heterocycles. The van der Waals surface area contributed by atoms with E-state index in [0.717, 1.165) is 49.6 Å². The third-order valence-electron chi connectivity index (χ3n) is 9.61. The van der Waals surface area contributed by atoms with Crippen molar-refractivity contribution in [3.63, 3.8) is 0 Å². The SMILES string of the molecule is c1ccc2c(c1)oc1cccc(-c3cccc4sc5ccc6oc7c(-n8c9ccccc9c9ccccc98)cccc7c6c5c34)c12. The molecule has 7 aromatic carbocycles. The largest absolute Gasteiger partial charge is 0.456 e. The molecule has 0 radical (unpaired) electrons. The van der Waals surface area contributed by atoms with Crippen molar-refractivity contribution in [3.05, 3.63) is 140 Å². The molecular formula is C42H23NO2S. The average molecular weight is 606 g/mol. The van der Waals surface area contributed by atoms with Gasteiger partial charge < -0.3 is 13.4 Å². The number of hydrogen-bond acceptors (Lipinski definition) is 3. The molecule has 0 aliphatic carbocycles. The van der Waals surface area contributed by atoms with E-state index in [0.29, 0.717) is 0 Å². The fourth-order valence-electron chi connectivity index (χ4n) is 7.76. The first kappa shape index (κ1) is 24.5. The molecule has 11 aromatic rings. The molecule has 0 fully saturated rings. The Morgan fingerprint density at radius 2 is 1.00 bits per heavy atom. The Bertz CT molecular complexity index is 2990. The Hall–Kier alpha value is -5.84. The van der Waals surface area contributed by atoms with Crippen LogP contribution < -0.4 is 0 Å². The summed E-state index contributed by atoms with van der Waals surface area (Å²) in [5.74, 6) is 0. The van der Waals surface area contributed by atoms with E-state index in [-0.39, 0.29) is 0 Å². The second-order valence-electron chi connectivity index (χ2n) is 12.0. The van der Waals surface area contributed by atoms with Gasteiger partial charge in [0, 0.05) is 52.5 Å². The van der Waals surface area contributed by atoms with Crippen LogP contribution in [-0.4, -0.2) is 4.57 Å². The Morgan fingerprint density at radius 3 is 1.83 bits per heavy atom. The summed E-state index contributed by atoms with van der Waals surface area (Å²) in [6.45, 7) is 0. The van der Waals surface area contributed by atoms with Crippen molar-refractivity contribution in [2.45, 2.75) is 0 Å². The number of fused-ring (bicyclic) bond motifs is 13. The predicted octanol–water partition coefficient (Wildman–Crippen LogP) is 12.6. The van der Waals surface area contributed by atoms with Crippen molar-refractivity contribution in [3.8, 4) is 16.8 Å². The van der Waals surface area contributed by atoms with Crippen LogP contribution in [0.25, 0.3) is 103 Å². The average Bonchev–Trinajstić information content (AvgIpc) is 3.86. The van der Waals surface area contributed by atoms with Crippen LogP contribution in [0.1, 0.15) is 0 Å². The molecule has 4 heteroatoms. The van der Waals surface area contributed by atoms with Gasteiger partial charge in [-0.3, -0.25) is 0 Å². The van der Waals surface area contributed by atoms with E-state index < -0.39 is 0 Å². The first-order valence-corrected chi connectivity index (χ1v) is 16.3. The van der Waals surface area contributed by atoms with Gasteiger partial charge in [0.25, 0.3) is 0 Å². The standard InChI is InChI=1S/C42H23NO2S/c1-4-16-30-24(10-1)25-11-2-5-17-31(25)43(30)32-18-7-15-29-39-35(45-42(29)32)22-23-37-41(39)40-27(14-9-21-36(40)46-37)26-13-8-20-34-38(26)28-12-3-6-19-33(28)44-34/h1-23H. The zero-order chi connectivity index (χ0) is 29.9. The molecule has 0 N–H and O–H groups in total. The summed E-state index contributed by atoms with van der Waals surface area (Å²) >= 11 is 1.84. The molecule has 0 bridgehead atoms. The van der Waals surface area contributed by atoms with Crippen LogP contribution in [-0.2, 0) is 0 Å². The Labute approximate surface area is 266 Å². The number of furan rings is 2. The van der Waals surface area contributed by atoms with Crippen molar-refractivity contribution in [2.75, 3.05) is 0 Å². The van der Waals surface area contributed by atoms with Gasteiger partial charge in [-0.2, -0.15) is 0 Å². The summed E-state index contributed by atoms with van der Waals surface area (Å²) in [6.07, 6.45) is 0. The van der Waals surface area contributed by atoms with Gasteiger partial charge in [-0.25, -0.2) is 0 Å². The topological polar surface area (TPSA) is 31.2 Å². The molecule has 0 saturated heterocycles. The van der Waals surface area contributed by atoms with Crippen LogP contribution in [0, 0.1) is 0 Å². The van der Waals surface area contributed by atoms with Crippen molar-refractivity contribution in [2.24, 2.45) is 0 Å². The van der Waals surface area contributed by atoms with Gasteiger partial charge in [-0.15, -0.1) is 11.3 Å². The van der Waals surface area contributed by atoms with Gasteiger partial charge in [-0.1, -0.05) is 91.0 Å². The van der Waals surface area contributed by atoms with Gasteiger partial charge in [-0.05, 0) is 59.7 Å². The van der Waals surface area contributed by atoms with Crippen LogP contribution in [0.3, 0.4) is 0 Å². The summed E-state index contributed by atoms with van der Waals surface area (Å²) in [4.78, 5) is 0. The molecule has 0 spiro atoms. The van der Waals surface area contributed by atoms with E-state index in [1.165, 1.54) is 53.1 Å². The van der Waals surface area contributed by atoms with Crippen molar-refractivity contribution < 1.29 is 8.83 Å². The van der Waals surface area contributed by atoms with Gasteiger partial charge in [0.2, 0.25) is 0 Å². The smallest absolute Gasteiger partial charge is 0.159 e. The van der Waals surface area contributed by atoms with Crippen LogP contribution in [0.5, 0.6) is 0 Å². The molecule has 0 atom stereocenters. The molecule has 0 saturated carbocycles. The summed E-state index contributed by atoms with van der Waals surface area (Å²) in [7, 11) is 0.